The molecule has 2 aliphatic heterocycles. The number of halogens is 1. The molecular formula is C27H29BrN2O7S. The largest absolute Gasteiger partial charge is 0.464 e. The molecule has 0 radical (unpaired) electrons. The topological polar surface area (TPSA) is 111 Å². The lowest BCUT2D eigenvalue weighted by Gasteiger charge is -2.52. The van der Waals surface area contributed by atoms with Crippen LogP contribution in [-0.4, -0.2) is 62.0 Å². The van der Waals surface area contributed by atoms with Crippen molar-refractivity contribution in [3.63, 3.8) is 0 Å². The van der Waals surface area contributed by atoms with E-state index >= 15 is 0 Å². The smallest absolute Gasteiger partial charge is 0.408 e. The zero-order chi connectivity index (χ0) is 27.5. The summed E-state index contributed by atoms with van der Waals surface area (Å²) in [4.78, 5) is 53.8. The molecule has 2 aromatic rings. The number of amides is 2. The van der Waals surface area contributed by atoms with Crippen molar-refractivity contribution in [1.29, 1.82) is 0 Å². The summed E-state index contributed by atoms with van der Waals surface area (Å²) in [6.45, 7) is 5.42. The minimum Gasteiger partial charge on any atom is -0.464 e. The van der Waals surface area contributed by atoms with Crippen LogP contribution in [0.1, 0.15) is 31.9 Å². The third-order valence-electron chi connectivity index (χ3n) is 6.39. The molecule has 4 atom stereocenters. The van der Waals surface area contributed by atoms with Gasteiger partial charge in [0.2, 0.25) is 5.91 Å². The lowest BCUT2D eigenvalue weighted by molar-refractivity contribution is -0.168. The number of nitrogens with one attached hydrogen (secondary N) is 1. The van der Waals surface area contributed by atoms with E-state index in [9.17, 15) is 19.2 Å². The number of benzene rings is 2. The summed E-state index contributed by atoms with van der Waals surface area (Å²) >= 11 is 4.82. The molecule has 2 aromatic carbocycles. The first-order valence-corrected chi connectivity index (χ1v) is 13.8. The SMILES string of the molecule is CCOC(=O)C(NC(=O)OCc1ccccc1)[C@]1(Br)C(=O)N2[C@@H](C(=O)OCc3ccccc3)C(C)(C)S[C@@H]21. The lowest BCUT2D eigenvalue weighted by atomic mass is 9.86. The van der Waals surface area contributed by atoms with Gasteiger partial charge in [0.05, 0.1) is 6.61 Å². The Morgan fingerprint density at radius 2 is 1.53 bits per heavy atom. The summed E-state index contributed by atoms with van der Waals surface area (Å²) in [5.41, 5.74) is 1.59. The Kier molecular flexibility index (Phi) is 8.37. The van der Waals surface area contributed by atoms with Crippen LogP contribution in [0.4, 0.5) is 4.79 Å². The molecule has 1 N–H and O–H groups in total. The van der Waals surface area contributed by atoms with Crippen LogP contribution >= 0.6 is 27.7 Å². The molecule has 0 aromatic heterocycles. The molecule has 2 amide bonds. The fraction of sp³-hybridized carbons (Fsp3) is 0.407. The fourth-order valence-electron chi connectivity index (χ4n) is 4.54. The van der Waals surface area contributed by atoms with Crippen molar-refractivity contribution in [1.82, 2.24) is 10.2 Å². The van der Waals surface area contributed by atoms with Crippen molar-refractivity contribution in [3.8, 4) is 0 Å². The van der Waals surface area contributed by atoms with Gasteiger partial charge in [0, 0.05) is 4.75 Å². The predicted molar refractivity (Wildman–Crippen MR) is 144 cm³/mol. The Bertz CT molecular complexity index is 1200. The van der Waals surface area contributed by atoms with Gasteiger partial charge in [-0.15, -0.1) is 11.8 Å². The van der Waals surface area contributed by atoms with E-state index in [4.69, 9.17) is 14.2 Å². The van der Waals surface area contributed by atoms with E-state index in [-0.39, 0.29) is 19.8 Å². The number of carbonyl (C=O) groups excluding carboxylic acids is 4. The van der Waals surface area contributed by atoms with Crippen molar-refractivity contribution in [2.75, 3.05) is 6.61 Å². The van der Waals surface area contributed by atoms with Crippen LogP contribution in [-0.2, 0) is 41.8 Å². The van der Waals surface area contributed by atoms with Crippen LogP contribution in [0, 0.1) is 0 Å². The maximum atomic E-state index is 13.6. The normalized spacial score (nSPS) is 24.0. The van der Waals surface area contributed by atoms with Gasteiger partial charge >= 0.3 is 18.0 Å². The van der Waals surface area contributed by atoms with Crippen LogP contribution in [0.3, 0.4) is 0 Å². The van der Waals surface area contributed by atoms with E-state index in [2.05, 4.69) is 21.2 Å². The number of ether oxygens (including phenoxy) is 3. The summed E-state index contributed by atoms with van der Waals surface area (Å²) in [5, 5.41) is 1.87. The van der Waals surface area contributed by atoms with Gasteiger partial charge in [-0.2, -0.15) is 0 Å². The van der Waals surface area contributed by atoms with E-state index in [1.807, 2.05) is 62.4 Å². The zero-order valence-electron chi connectivity index (χ0n) is 21.2. The van der Waals surface area contributed by atoms with Crippen LogP contribution in [0.5, 0.6) is 0 Å². The molecule has 2 saturated heterocycles. The van der Waals surface area contributed by atoms with Gasteiger partial charge < -0.3 is 24.4 Å². The second-order valence-corrected chi connectivity index (χ2v) is 12.5. The quantitative estimate of drug-likeness (QED) is 0.199. The molecule has 38 heavy (non-hydrogen) atoms. The number of rotatable bonds is 9. The van der Waals surface area contributed by atoms with Gasteiger partial charge in [-0.05, 0) is 31.9 Å². The molecular weight excluding hydrogens is 576 g/mol. The van der Waals surface area contributed by atoms with Crippen LogP contribution in [0.15, 0.2) is 60.7 Å². The minimum atomic E-state index is -1.54. The highest BCUT2D eigenvalue weighted by Crippen LogP contribution is 2.59. The van der Waals surface area contributed by atoms with E-state index < -0.39 is 50.5 Å². The third-order valence-corrected chi connectivity index (χ3v) is 9.58. The molecule has 0 bridgehead atoms. The third kappa shape index (κ3) is 5.40. The number of carbonyl (C=O) groups is 4. The highest BCUT2D eigenvalue weighted by molar-refractivity contribution is 9.10. The van der Waals surface area contributed by atoms with Crippen molar-refractivity contribution in [2.45, 2.75) is 60.5 Å². The van der Waals surface area contributed by atoms with Gasteiger partial charge in [-0.1, -0.05) is 76.6 Å². The fourth-order valence-corrected chi connectivity index (χ4v) is 7.20. The first-order chi connectivity index (χ1) is 18.1. The number of hydrogen-bond donors (Lipinski definition) is 1. The number of hydrogen-bond acceptors (Lipinski definition) is 8. The molecule has 202 valence electrons. The van der Waals surface area contributed by atoms with Crippen molar-refractivity contribution in [2.24, 2.45) is 0 Å². The van der Waals surface area contributed by atoms with Gasteiger partial charge in [0.15, 0.2) is 10.4 Å². The first kappa shape index (κ1) is 28.0. The molecule has 1 unspecified atom stereocenters. The Morgan fingerprint density at radius 3 is 2.08 bits per heavy atom. The summed E-state index contributed by atoms with van der Waals surface area (Å²) in [6, 6.07) is 16.0. The zero-order valence-corrected chi connectivity index (χ0v) is 23.6. The van der Waals surface area contributed by atoms with E-state index in [0.717, 1.165) is 11.1 Å². The second-order valence-electron chi connectivity index (χ2n) is 9.44. The highest BCUT2D eigenvalue weighted by Gasteiger charge is 2.74. The van der Waals surface area contributed by atoms with Gasteiger partial charge in [0.1, 0.15) is 24.6 Å². The number of alkyl carbamates (subject to hydrolysis) is 1. The van der Waals surface area contributed by atoms with E-state index in [1.165, 1.54) is 16.7 Å². The number of nitrogens with zero attached hydrogens (tertiary/aromatic N) is 1. The second kappa shape index (κ2) is 11.4. The monoisotopic (exact) mass is 604 g/mol. The number of β-lactam (4-membered cyclic amide) rings is 1. The van der Waals surface area contributed by atoms with Crippen molar-refractivity contribution >= 4 is 51.6 Å². The Balaban J connectivity index is 1.50. The van der Waals surface area contributed by atoms with Crippen LogP contribution < -0.4 is 5.32 Å². The maximum Gasteiger partial charge on any atom is 0.408 e. The number of esters is 2. The standard InChI is InChI=1S/C27H29BrN2O7S/c1-4-35-21(31)19(29-25(34)37-16-18-13-9-6-10-14-18)27(28)23(33)30-20(26(2,3)38-24(27)30)22(32)36-15-17-11-7-5-8-12-17/h5-14,19-20,24H,4,15-16H2,1-3H3,(H,29,34)/t19?,20-,24+,27-/m0/s1. The van der Waals surface area contributed by atoms with Crippen molar-refractivity contribution in [3.05, 3.63) is 71.8 Å². The summed E-state index contributed by atoms with van der Waals surface area (Å²) in [6.07, 6.45) is -0.877. The molecule has 0 aliphatic carbocycles. The molecule has 9 nitrogen and oxygen atoms in total. The predicted octanol–water partition coefficient (Wildman–Crippen LogP) is 3.78. The van der Waals surface area contributed by atoms with Gasteiger partial charge in [0.25, 0.3) is 0 Å². The van der Waals surface area contributed by atoms with Crippen LogP contribution in [0.2, 0.25) is 0 Å². The average molecular weight is 606 g/mol. The van der Waals surface area contributed by atoms with Crippen molar-refractivity contribution < 1.29 is 33.4 Å². The van der Waals surface area contributed by atoms with E-state index in [0.29, 0.717) is 0 Å². The van der Waals surface area contributed by atoms with Gasteiger partial charge in [-0.3, -0.25) is 4.79 Å². The first-order valence-electron chi connectivity index (χ1n) is 12.1. The number of alkyl halides is 1. The number of fused-ring (bicyclic) bond motifs is 1. The average Bonchev–Trinajstić information content (AvgIpc) is 3.19. The molecule has 0 spiro atoms. The lowest BCUT2D eigenvalue weighted by Crippen LogP contribution is -2.78. The molecule has 2 heterocycles. The Morgan fingerprint density at radius 1 is 0.974 bits per heavy atom. The highest BCUT2D eigenvalue weighted by atomic mass is 79.9. The molecule has 0 saturated carbocycles. The summed E-state index contributed by atoms with van der Waals surface area (Å²) < 4.78 is 13.8. The summed E-state index contributed by atoms with van der Waals surface area (Å²) in [7, 11) is 0. The maximum absolute atomic E-state index is 13.6. The van der Waals surface area contributed by atoms with Gasteiger partial charge in [-0.25, -0.2) is 14.4 Å². The Hall–Kier alpha value is -3.05. The number of thioether (sulfide) groups is 1. The summed E-state index contributed by atoms with van der Waals surface area (Å²) in [5.74, 6) is -1.86. The molecule has 4 rings (SSSR count). The minimum absolute atomic E-state index is 0.0158. The Labute approximate surface area is 233 Å². The molecule has 2 aliphatic rings. The molecule has 11 heteroatoms. The molecule has 2 fully saturated rings. The van der Waals surface area contributed by atoms with E-state index in [1.54, 1.807) is 19.1 Å². The van der Waals surface area contributed by atoms with Crippen LogP contribution in [0.25, 0.3) is 0 Å².